The van der Waals surface area contributed by atoms with Gasteiger partial charge in [0.05, 0.1) is 6.61 Å². The Morgan fingerprint density at radius 3 is 1.90 bits per heavy atom. The minimum atomic E-state index is -0.107. The molecule has 0 spiro atoms. The van der Waals surface area contributed by atoms with Crippen LogP contribution in [0.1, 0.15) is 16.7 Å². The zero-order valence-electron chi connectivity index (χ0n) is 23.3. The van der Waals surface area contributed by atoms with Gasteiger partial charge in [-0.3, -0.25) is 0 Å². The lowest BCUT2D eigenvalue weighted by Gasteiger charge is -2.19. The largest absolute Gasteiger partial charge is 0.491 e. The average Bonchev–Trinajstić information content (AvgIpc) is 3.02. The highest BCUT2D eigenvalue weighted by Crippen LogP contribution is 2.45. The second kappa shape index (κ2) is 12.1. The molecule has 5 heteroatoms. The highest BCUT2D eigenvalue weighted by Gasteiger charge is 2.19. The van der Waals surface area contributed by atoms with Crippen molar-refractivity contribution < 1.29 is 14.6 Å². The van der Waals surface area contributed by atoms with Crippen LogP contribution in [0.25, 0.3) is 43.4 Å². The minimum absolute atomic E-state index is 0.0496. The van der Waals surface area contributed by atoms with Gasteiger partial charge in [0, 0.05) is 22.3 Å². The normalized spacial score (nSPS) is 10.9. The van der Waals surface area contributed by atoms with Crippen molar-refractivity contribution in [1.29, 1.82) is 0 Å². The van der Waals surface area contributed by atoms with Crippen LogP contribution in [0.2, 0.25) is 0 Å². The van der Waals surface area contributed by atoms with E-state index >= 15 is 0 Å². The van der Waals surface area contributed by atoms with Gasteiger partial charge in [0.25, 0.3) is 0 Å². The number of aliphatic hydroxyl groups is 1. The first-order valence-electron chi connectivity index (χ1n) is 13.9. The molecule has 0 aromatic heterocycles. The molecule has 0 unspecified atom stereocenters. The van der Waals surface area contributed by atoms with Crippen molar-refractivity contribution in [2.45, 2.75) is 6.92 Å². The summed E-state index contributed by atoms with van der Waals surface area (Å²) in [6, 6.07) is 34.8. The van der Waals surface area contributed by atoms with Gasteiger partial charge in [-0.25, -0.2) is 0 Å². The number of nitrogens with zero attached hydrogens (tertiary/aromatic N) is 1. The van der Waals surface area contributed by atoms with Crippen LogP contribution in [0.5, 0.6) is 11.5 Å². The number of aryl methyl sites for hydroxylation is 1. The lowest BCUT2D eigenvalue weighted by molar-refractivity contribution is 0.202. The molecule has 0 saturated heterocycles. The van der Waals surface area contributed by atoms with Gasteiger partial charge in [-0.05, 0) is 75.6 Å². The number of hydrogen-bond donors (Lipinski definition) is 1. The van der Waals surface area contributed by atoms with Gasteiger partial charge in [0.15, 0.2) is 0 Å². The van der Waals surface area contributed by atoms with Crippen molar-refractivity contribution >= 4 is 32.3 Å². The van der Waals surface area contributed by atoms with Crippen molar-refractivity contribution in [2.75, 3.05) is 26.4 Å². The smallest absolute Gasteiger partial charge is 0.128 e. The van der Waals surface area contributed by atoms with Crippen molar-refractivity contribution in [2.24, 2.45) is 5.18 Å². The van der Waals surface area contributed by atoms with Gasteiger partial charge in [-0.1, -0.05) is 89.3 Å². The lowest BCUT2D eigenvalue weighted by atomic mass is 9.91. The third-order valence-corrected chi connectivity index (χ3v) is 7.26. The van der Waals surface area contributed by atoms with Gasteiger partial charge in [0.1, 0.15) is 31.3 Å². The zero-order valence-corrected chi connectivity index (χ0v) is 23.3. The summed E-state index contributed by atoms with van der Waals surface area (Å²) in [4.78, 5) is 10.8. The standard InChI is InChI=1S/C37H29NO4/c1-25-6-14-32-30(22-25)12-16-34(41-20-18-38-40)36(32)37-33-15-10-27(24-31(33)13-17-35(37)42-21-19-39)8-7-26-9-11-28-4-2-3-5-29(28)23-26/h2-6,9-17,22-24,39H,18-21H2,1H3. The number of ether oxygens (including phenoxy) is 2. The Labute approximate surface area is 244 Å². The molecule has 0 bridgehead atoms. The molecule has 0 saturated carbocycles. The highest BCUT2D eigenvalue weighted by molar-refractivity contribution is 6.10. The molecule has 6 rings (SSSR count). The Balaban J connectivity index is 1.50. The van der Waals surface area contributed by atoms with E-state index in [-0.39, 0.29) is 26.4 Å². The van der Waals surface area contributed by atoms with Crippen molar-refractivity contribution in [3.63, 3.8) is 0 Å². The van der Waals surface area contributed by atoms with Crippen molar-refractivity contribution in [3.8, 4) is 34.5 Å². The van der Waals surface area contributed by atoms with Crippen LogP contribution < -0.4 is 9.47 Å². The third kappa shape index (κ3) is 5.54. The maximum atomic E-state index is 10.8. The molecule has 0 fully saturated rings. The summed E-state index contributed by atoms with van der Waals surface area (Å²) >= 11 is 0. The number of aliphatic hydroxyl groups excluding tert-OH is 1. The molecule has 6 aromatic carbocycles. The second-order valence-electron chi connectivity index (χ2n) is 10.1. The van der Waals surface area contributed by atoms with E-state index in [9.17, 15) is 10.0 Å². The average molecular weight is 552 g/mol. The molecular formula is C37H29NO4. The maximum absolute atomic E-state index is 10.8. The van der Waals surface area contributed by atoms with Crippen LogP contribution in [-0.4, -0.2) is 31.5 Å². The minimum Gasteiger partial charge on any atom is -0.491 e. The Morgan fingerprint density at radius 1 is 0.643 bits per heavy atom. The Bertz CT molecular complexity index is 2000. The van der Waals surface area contributed by atoms with Gasteiger partial charge >= 0.3 is 0 Å². The van der Waals surface area contributed by atoms with Crippen LogP contribution in [-0.2, 0) is 0 Å². The number of benzene rings is 6. The quantitative estimate of drug-likeness (QED) is 0.118. The van der Waals surface area contributed by atoms with Crippen molar-refractivity contribution in [1.82, 2.24) is 0 Å². The molecule has 5 nitrogen and oxygen atoms in total. The van der Waals surface area contributed by atoms with Gasteiger partial charge in [-0.15, -0.1) is 0 Å². The van der Waals surface area contributed by atoms with Crippen LogP contribution in [0.4, 0.5) is 0 Å². The van der Waals surface area contributed by atoms with E-state index in [0.29, 0.717) is 11.5 Å². The Kier molecular flexibility index (Phi) is 7.81. The number of rotatable bonds is 8. The molecule has 42 heavy (non-hydrogen) atoms. The van der Waals surface area contributed by atoms with E-state index in [1.807, 2.05) is 48.5 Å². The fourth-order valence-corrected chi connectivity index (χ4v) is 5.33. The molecule has 0 aliphatic heterocycles. The number of hydrogen-bond acceptors (Lipinski definition) is 5. The molecule has 206 valence electrons. The second-order valence-corrected chi connectivity index (χ2v) is 10.1. The highest BCUT2D eigenvalue weighted by atomic mass is 16.5. The molecule has 0 radical (unpaired) electrons. The summed E-state index contributed by atoms with van der Waals surface area (Å²) in [7, 11) is 0. The van der Waals surface area contributed by atoms with Gasteiger partial charge in [0.2, 0.25) is 0 Å². The summed E-state index contributed by atoms with van der Waals surface area (Å²) < 4.78 is 12.2. The fourth-order valence-electron chi connectivity index (χ4n) is 5.33. The van der Waals surface area contributed by atoms with Crippen LogP contribution in [0.3, 0.4) is 0 Å². The lowest BCUT2D eigenvalue weighted by Crippen LogP contribution is -2.05. The van der Waals surface area contributed by atoms with Gasteiger partial charge in [-0.2, -0.15) is 4.91 Å². The monoisotopic (exact) mass is 551 g/mol. The van der Waals surface area contributed by atoms with E-state index in [1.165, 1.54) is 5.39 Å². The number of fused-ring (bicyclic) bond motifs is 3. The SMILES string of the molecule is Cc1ccc2c(-c3c(OCCO)ccc4cc(C#Cc5ccc6ccccc6c5)ccc34)c(OCCN=O)ccc2c1. The Hall–Kier alpha value is -5.18. The predicted octanol–water partition coefficient (Wildman–Crippen LogP) is 8.04. The first-order valence-corrected chi connectivity index (χ1v) is 13.9. The molecule has 1 N–H and O–H groups in total. The maximum Gasteiger partial charge on any atom is 0.128 e. The molecule has 6 aromatic rings. The van der Waals surface area contributed by atoms with E-state index in [4.69, 9.17) is 9.47 Å². The predicted molar refractivity (Wildman–Crippen MR) is 170 cm³/mol. The first-order chi connectivity index (χ1) is 20.6. The Morgan fingerprint density at radius 2 is 1.21 bits per heavy atom. The summed E-state index contributed by atoms with van der Waals surface area (Å²) in [6.45, 7) is 2.33. The zero-order chi connectivity index (χ0) is 28.9. The fraction of sp³-hybridized carbons (Fsp3) is 0.135. The topological polar surface area (TPSA) is 68.1 Å². The van der Waals surface area contributed by atoms with E-state index in [2.05, 4.69) is 78.5 Å². The summed E-state index contributed by atoms with van der Waals surface area (Å²) in [6.07, 6.45) is 0. The van der Waals surface area contributed by atoms with Crippen LogP contribution in [0.15, 0.2) is 108 Å². The summed E-state index contributed by atoms with van der Waals surface area (Å²) in [5, 5.41) is 18.9. The summed E-state index contributed by atoms with van der Waals surface area (Å²) in [5.41, 5.74) is 4.73. The van der Waals surface area contributed by atoms with E-state index in [1.54, 1.807) is 0 Å². The van der Waals surface area contributed by atoms with Crippen LogP contribution in [0, 0.1) is 23.7 Å². The van der Waals surface area contributed by atoms with Gasteiger partial charge < -0.3 is 14.6 Å². The molecule has 0 aliphatic carbocycles. The third-order valence-electron chi connectivity index (χ3n) is 7.26. The van der Waals surface area contributed by atoms with E-state index in [0.717, 1.165) is 54.7 Å². The molecule has 0 amide bonds. The van der Waals surface area contributed by atoms with Crippen molar-refractivity contribution in [3.05, 3.63) is 125 Å². The number of nitroso groups, excluding NO2 is 1. The molecule has 0 heterocycles. The molecule has 0 atom stereocenters. The van der Waals surface area contributed by atoms with Crippen LogP contribution >= 0.6 is 0 Å². The molecular weight excluding hydrogens is 522 g/mol. The van der Waals surface area contributed by atoms with E-state index < -0.39 is 0 Å². The first kappa shape index (κ1) is 27.0. The molecule has 0 aliphatic rings. The summed E-state index contributed by atoms with van der Waals surface area (Å²) in [5.74, 6) is 7.91.